The van der Waals surface area contributed by atoms with Crippen molar-refractivity contribution in [2.75, 3.05) is 11.9 Å². The third-order valence-electron chi connectivity index (χ3n) is 3.35. The maximum absolute atomic E-state index is 12.0. The van der Waals surface area contributed by atoms with E-state index in [4.69, 9.17) is 4.74 Å². The number of ether oxygens (including phenoxy) is 1. The molecule has 1 aromatic heterocycles. The highest BCUT2D eigenvalue weighted by Gasteiger charge is 2.08. The van der Waals surface area contributed by atoms with Gasteiger partial charge in [0.2, 0.25) is 5.91 Å². The Morgan fingerprint density at radius 2 is 2.04 bits per heavy atom. The van der Waals surface area contributed by atoms with Gasteiger partial charge < -0.3 is 10.1 Å². The summed E-state index contributed by atoms with van der Waals surface area (Å²) in [6, 6.07) is 15.7. The molecule has 3 rings (SSSR count). The number of nitrogens with zero attached hydrogens (tertiary/aromatic N) is 1. The normalized spacial score (nSPS) is 10.7. The summed E-state index contributed by atoms with van der Waals surface area (Å²) >= 11 is 1.50. The summed E-state index contributed by atoms with van der Waals surface area (Å²) in [4.78, 5) is 16.4. The Balaban J connectivity index is 1.46. The molecule has 0 aliphatic rings. The molecule has 4 nitrogen and oxygen atoms in total. The summed E-state index contributed by atoms with van der Waals surface area (Å²) in [5, 5.41) is 3.51. The molecule has 0 aliphatic heterocycles. The van der Waals surface area contributed by atoms with E-state index in [2.05, 4.69) is 16.4 Å². The monoisotopic (exact) mass is 326 g/mol. The Labute approximate surface area is 139 Å². The van der Waals surface area contributed by atoms with Crippen LogP contribution in [0, 0.1) is 6.92 Å². The number of rotatable bonds is 6. The second kappa shape index (κ2) is 7.24. The maximum atomic E-state index is 12.0. The molecule has 0 fully saturated rings. The van der Waals surface area contributed by atoms with Gasteiger partial charge in [-0.1, -0.05) is 35.6 Å². The van der Waals surface area contributed by atoms with Gasteiger partial charge in [-0.15, -0.1) is 0 Å². The number of carbonyl (C=O) groups excluding carboxylic acids is 1. The third kappa shape index (κ3) is 4.29. The molecule has 0 bridgehead atoms. The first kappa shape index (κ1) is 15.5. The standard InChI is InChI=1S/C18H18N2O2S/c1-13-9-10-15-16(12-13)23-18(19-15)20-17(21)8-5-11-22-14-6-3-2-4-7-14/h2-4,6-7,9-10,12H,5,8,11H2,1H3,(H,19,20,21). The van der Waals surface area contributed by atoms with Crippen molar-refractivity contribution in [3.8, 4) is 5.75 Å². The Morgan fingerprint density at radius 3 is 2.87 bits per heavy atom. The van der Waals surface area contributed by atoms with E-state index in [1.807, 2.05) is 49.4 Å². The zero-order valence-corrected chi connectivity index (χ0v) is 13.7. The zero-order chi connectivity index (χ0) is 16.1. The van der Waals surface area contributed by atoms with Crippen molar-refractivity contribution in [1.29, 1.82) is 0 Å². The summed E-state index contributed by atoms with van der Waals surface area (Å²) in [5.41, 5.74) is 2.11. The van der Waals surface area contributed by atoms with Gasteiger partial charge in [-0.2, -0.15) is 0 Å². The van der Waals surface area contributed by atoms with E-state index in [-0.39, 0.29) is 5.91 Å². The quantitative estimate of drug-likeness (QED) is 0.683. The number of amides is 1. The zero-order valence-electron chi connectivity index (χ0n) is 12.9. The summed E-state index contributed by atoms with van der Waals surface area (Å²) in [7, 11) is 0. The molecule has 2 aromatic carbocycles. The average Bonchev–Trinajstić information content (AvgIpc) is 2.94. The lowest BCUT2D eigenvalue weighted by Crippen LogP contribution is -2.12. The number of thiazole rings is 1. The molecule has 0 spiro atoms. The fourth-order valence-electron chi connectivity index (χ4n) is 2.21. The van der Waals surface area contributed by atoms with Crippen LogP contribution >= 0.6 is 11.3 Å². The molecule has 23 heavy (non-hydrogen) atoms. The topological polar surface area (TPSA) is 51.2 Å². The van der Waals surface area contributed by atoms with Crippen molar-refractivity contribution in [2.45, 2.75) is 19.8 Å². The first-order valence-corrected chi connectivity index (χ1v) is 8.37. The largest absolute Gasteiger partial charge is 0.494 e. The van der Waals surface area contributed by atoms with E-state index >= 15 is 0 Å². The molecule has 3 aromatic rings. The van der Waals surface area contributed by atoms with E-state index in [9.17, 15) is 4.79 Å². The molecule has 5 heteroatoms. The van der Waals surface area contributed by atoms with Crippen LogP contribution < -0.4 is 10.1 Å². The van der Waals surface area contributed by atoms with E-state index in [1.54, 1.807) is 0 Å². The molecule has 0 saturated carbocycles. The second-order valence-electron chi connectivity index (χ2n) is 5.30. The van der Waals surface area contributed by atoms with Crippen LogP contribution in [0.1, 0.15) is 18.4 Å². The van der Waals surface area contributed by atoms with Crippen molar-refractivity contribution >= 4 is 32.6 Å². The predicted molar refractivity (Wildman–Crippen MR) is 94.2 cm³/mol. The molecular formula is C18H18N2O2S. The van der Waals surface area contributed by atoms with Crippen LogP contribution in [0.15, 0.2) is 48.5 Å². The molecule has 1 amide bonds. The fourth-order valence-corrected chi connectivity index (χ4v) is 3.19. The smallest absolute Gasteiger partial charge is 0.226 e. The Hall–Kier alpha value is -2.40. The predicted octanol–water partition coefficient (Wildman–Crippen LogP) is 4.40. The van der Waals surface area contributed by atoms with Crippen molar-refractivity contribution in [3.05, 3.63) is 54.1 Å². The molecule has 0 radical (unpaired) electrons. The molecule has 1 heterocycles. The number of carbonyl (C=O) groups is 1. The molecule has 0 saturated heterocycles. The number of nitrogens with one attached hydrogen (secondary N) is 1. The van der Waals surface area contributed by atoms with Gasteiger partial charge in [-0.3, -0.25) is 4.79 Å². The Bertz CT molecular complexity index is 799. The molecular weight excluding hydrogens is 308 g/mol. The minimum Gasteiger partial charge on any atom is -0.494 e. The summed E-state index contributed by atoms with van der Waals surface area (Å²) in [6.45, 7) is 2.57. The highest BCUT2D eigenvalue weighted by molar-refractivity contribution is 7.22. The van der Waals surface area contributed by atoms with Crippen LogP contribution in [-0.4, -0.2) is 17.5 Å². The number of hydrogen-bond donors (Lipinski definition) is 1. The number of fused-ring (bicyclic) bond motifs is 1. The lowest BCUT2D eigenvalue weighted by atomic mass is 10.2. The van der Waals surface area contributed by atoms with Gasteiger partial charge in [0.1, 0.15) is 5.75 Å². The number of anilines is 1. The molecule has 118 valence electrons. The minimum absolute atomic E-state index is 0.0301. The highest BCUT2D eigenvalue weighted by Crippen LogP contribution is 2.26. The lowest BCUT2D eigenvalue weighted by Gasteiger charge is -2.05. The van der Waals surface area contributed by atoms with E-state index in [0.29, 0.717) is 24.6 Å². The summed E-state index contributed by atoms with van der Waals surface area (Å²) < 4.78 is 6.67. The number of para-hydroxylation sites is 1. The maximum Gasteiger partial charge on any atom is 0.226 e. The minimum atomic E-state index is -0.0301. The van der Waals surface area contributed by atoms with Crippen LogP contribution in [0.3, 0.4) is 0 Å². The highest BCUT2D eigenvalue weighted by atomic mass is 32.1. The fraction of sp³-hybridized carbons (Fsp3) is 0.222. The van der Waals surface area contributed by atoms with E-state index in [1.165, 1.54) is 16.9 Å². The molecule has 0 aliphatic carbocycles. The van der Waals surface area contributed by atoms with Crippen LogP contribution in [0.2, 0.25) is 0 Å². The van der Waals surface area contributed by atoms with Gasteiger partial charge in [0.15, 0.2) is 5.13 Å². The van der Waals surface area contributed by atoms with Crippen LogP contribution in [0.25, 0.3) is 10.2 Å². The Morgan fingerprint density at radius 1 is 1.22 bits per heavy atom. The summed E-state index contributed by atoms with van der Waals surface area (Å²) in [6.07, 6.45) is 1.09. The van der Waals surface area contributed by atoms with Crippen molar-refractivity contribution in [1.82, 2.24) is 4.98 Å². The number of benzene rings is 2. The van der Waals surface area contributed by atoms with Crippen molar-refractivity contribution in [3.63, 3.8) is 0 Å². The second-order valence-corrected chi connectivity index (χ2v) is 6.33. The summed E-state index contributed by atoms with van der Waals surface area (Å²) in [5.74, 6) is 0.798. The van der Waals surface area contributed by atoms with Gasteiger partial charge in [-0.05, 0) is 43.2 Å². The van der Waals surface area contributed by atoms with E-state index in [0.717, 1.165) is 16.0 Å². The SMILES string of the molecule is Cc1ccc2nc(NC(=O)CCCOc3ccccc3)sc2c1. The van der Waals surface area contributed by atoms with Gasteiger partial charge in [0, 0.05) is 6.42 Å². The van der Waals surface area contributed by atoms with Crippen LogP contribution in [0.5, 0.6) is 5.75 Å². The molecule has 1 N–H and O–H groups in total. The average molecular weight is 326 g/mol. The lowest BCUT2D eigenvalue weighted by molar-refractivity contribution is -0.116. The van der Waals surface area contributed by atoms with Gasteiger partial charge in [0.25, 0.3) is 0 Å². The van der Waals surface area contributed by atoms with Crippen molar-refractivity contribution in [2.24, 2.45) is 0 Å². The first-order chi connectivity index (χ1) is 11.2. The number of hydrogen-bond acceptors (Lipinski definition) is 4. The van der Waals surface area contributed by atoms with Crippen LogP contribution in [-0.2, 0) is 4.79 Å². The van der Waals surface area contributed by atoms with Gasteiger partial charge in [-0.25, -0.2) is 4.98 Å². The Kier molecular flexibility index (Phi) is 4.88. The number of aromatic nitrogens is 1. The van der Waals surface area contributed by atoms with E-state index < -0.39 is 0 Å². The van der Waals surface area contributed by atoms with Crippen molar-refractivity contribution < 1.29 is 9.53 Å². The molecule has 0 unspecified atom stereocenters. The third-order valence-corrected chi connectivity index (χ3v) is 4.28. The first-order valence-electron chi connectivity index (χ1n) is 7.55. The number of aryl methyl sites for hydroxylation is 1. The molecule has 0 atom stereocenters. The van der Waals surface area contributed by atoms with Gasteiger partial charge >= 0.3 is 0 Å². The van der Waals surface area contributed by atoms with Crippen LogP contribution in [0.4, 0.5) is 5.13 Å². The van der Waals surface area contributed by atoms with Gasteiger partial charge in [0.05, 0.1) is 16.8 Å².